The van der Waals surface area contributed by atoms with Crippen molar-refractivity contribution in [2.45, 2.75) is 66.1 Å². The third-order valence-electron chi connectivity index (χ3n) is 5.51. The van der Waals surface area contributed by atoms with Crippen LogP contribution in [0.3, 0.4) is 0 Å². The first-order valence-electron chi connectivity index (χ1n) is 11.3. The van der Waals surface area contributed by atoms with Gasteiger partial charge < -0.3 is 15.2 Å². The molecule has 2 rings (SSSR count). The summed E-state index contributed by atoms with van der Waals surface area (Å²) in [7, 11) is 0. The third-order valence-corrected chi connectivity index (χ3v) is 5.51. The topological polar surface area (TPSA) is 70.4 Å². The smallest absolute Gasteiger partial charge is 0.191 e. The van der Waals surface area contributed by atoms with E-state index in [9.17, 15) is 0 Å². The summed E-state index contributed by atoms with van der Waals surface area (Å²) in [4.78, 5) is 7.44. The summed E-state index contributed by atoms with van der Waals surface area (Å²) in [5, 5.41) is 15.2. The van der Waals surface area contributed by atoms with Crippen LogP contribution in [0.25, 0.3) is 0 Å². The maximum atomic E-state index is 4.98. The SMILES string of the molecule is CCc1nncn1CCNC(=NCC(c1ccccc1)N(CC)CC)NC(C)CC. The zero-order valence-corrected chi connectivity index (χ0v) is 19.3. The van der Waals surface area contributed by atoms with Crippen LogP contribution in [0.1, 0.15) is 58.5 Å². The second-order valence-electron chi connectivity index (χ2n) is 7.51. The molecule has 0 saturated carbocycles. The van der Waals surface area contributed by atoms with Gasteiger partial charge in [0.1, 0.15) is 12.2 Å². The monoisotopic (exact) mass is 413 g/mol. The molecular formula is C23H39N7. The molecule has 0 fully saturated rings. The van der Waals surface area contributed by atoms with Crippen LogP contribution in [0.15, 0.2) is 41.7 Å². The quantitative estimate of drug-likeness (QED) is 0.413. The average molecular weight is 414 g/mol. The van der Waals surface area contributed by atoms with Gasteiger partial charge in [0.25, 0.3) is 0 Å². The Balaban J connectivity index is 2.10. The van der Waals surface area contributed by atoms with Crippen LogP contribution in [-0.2, 0) is 13.0 Å². The van der Waals surface area contributed by atoms with E-state index in [0.29, 0.717) is 12.6 Å². The lowest BCUT2D eigenvalue weighted by molar-refractivity contribution is 0.224. The van der Waals surface area contributed by atoms with Crippen LogP contribution in [-0.4, -0.2) is 57.8 Å². The van der Waals surface area contributed by atoms with Crippen LogP contribution in [0.4, 0.5) is 0 Å². The van der Waals surface area contributed by atoms with E-state index >= 15 is 0 Å². The van der Waals surface area contributed by atoms with Gasteiger partial charge in [0.15, 0.2) is 5.96 Å². The highest BCUT2D eigenvalue weighted by atomic mass is 15.3. The molecule has 0 aliphatic rings. The Labute approximate surface area is 182 Å². The molecule has 0 aliphatic carbocycles. The fourth-order valence-corrected chi connectivity index (χ4v) is 3.47. The number of hydrogen-bond acceptors (Lipinski definition) is 4. The van der Waals surface area contributed by atoms with E-state index in [2.05, 4.69) is 95.2 Å². The normalized spacial score (nSPS) is 14.0. The Morgan fingerprint density at radius 3 is 2.50 bits per heavy atom. The molecule has 30 heavy (non-hydrogen) atoms. The molecule has 1 aromatic carbocycles. The minimum Gasteiger partial charge on any atom is -0.355 e. The fraction of sp³-hybridized carbons (Fsp3) is 0.609. The number of aliphatic imine (C=N–C) groups is 1. The highest BCUT2D eigenvalue weighted by molar-refractivity contribution is 5.80. The van der Waals surface area contributed by atoms with Crippen LogP contribution in [0.2, 0.25) is 0 Å². The van der Waals surface area contributed by atoms with Crippen molar-refractivity contribution in [2.75, 3.05) is 26.2 Å². The molecule has 0 amide bonds. The van der Waals surface area contributed by atoms with Crippen molar-refractivity contribution in [1.29, 1.82) is 0 Å². The number of rotatable bonds is 12. The van der Waals surface area contributed by atoms with Crippen molar-refractivity contribution in [3.8, 4) is 0 Å². The fourth-order valence-electron chi connectivity index (χ4n) is 3.47. The number of benzene rings is 1. The molecule has 166 valence electrons. The molecule has 1 heterocycles. The predicted molar refractivity (Wildman–Crippen MR) is 125 cm³/mol. The highest BCUT2D eigenvalue weighted by Gasteiger charge is 2.18. The minimum absolute atomic E-state index is 0.265. The number of nitrogens with one attached hydrogen (secondary N) is 2. The number of aromatic nitrogens is 3. The van der Waals surface area contributed by atoms with Crippen LogP contribution >= 0.6 is 0 Å². The second kappa shape index (κ2) is 13.0. The average Bonchev–Trinajstić information content (AvgIpc) is 3.24. The lowest BCUT2D eigenvalue weighted by Gasteiger charge is -2.29. The number of nitrogens with zero attached hydrogens (tertiary/aromatic N) is 5. The van der Waals surface area contributed by atoms with Crippen LogP contribution in [0.5, 0.6) is 0 Å². The van der Waals surface area contributed by atoms with Crippen molar-refractivity contribution < 1.29 is 0 Å². The lowest BCUT2D eigenvalue weighted by atomic mass is 10.1. The van der Waals surface area contributed by atoms with Gasteiger partial charge in [-0.25, -0.2) is 0 Å². The van der Waals surface area contributed by atoms with Gasteiger partial charge in [0.2, 0.25) is 0 Å². The Hall–Kier alpha value is -2.41. The molecule has 7 nitrogen and oxygen atoms in total. The van der Waals surface area contributed by atoms with Crippen LogP contribution in [0, 0.1) is 0 Å². The van der Waals surface area contributed by atoms with Crippen LogP contribution < -0.4 is 10.6 Å². The zero-order chi connectivity index (χ0) is 21.8. The lowest BCUT2D eigenvalue weighted by Crippen LogP contribution is -2.43. The van der Waals surface area contributed by atoms with Gasteiger partial charge in [0.05, 0.1) is 12.6 Å². The molecule has 0 bridgehead atoms. The summed E-state index contributed by atoms with van der Waals surface area (Å²) >= 11 is 0. The van der Waals surface area contributed by atoms with Crippen molar-refractivity contribution in [3.63, 3.8) is 0 Å². The van der Waals surface area contributed by atoms with E-state index in [0.717, 1.165) is 50.8 Å². The summed E-state index contributed by atoms with van der Waals surface area (Å²) in [5.74, 6) is 1.87. The van der Waals surface area contributed by atoms with Gasteiger partial charge in [0, 0.05) is 25.6 Å². The van der Waals surface area contributed by atoms with Crippen molar-refractivity contribution in [3.05, 3.63) is 48.0 Å². The Morgan fingerprint density at radius 2 is 1.87 bits per heavy atom. The molecule has 2 unspecified atom stereocenters. The van der Waals surface area contributed by atoms with Crippen molar-refractivity contribution >= 4 is 5.96 Å². The molecule has 0 spiro atoms. The summed E-state index contributed by atoms with van der Waals surface area (Å²) in [6, 6.07) is 11.3. The molecule has 1 aromatic heterocycles. The van der Waals surface area contributed by atoms with Gasteiger partial charge in [-0.3, -0.25) is 9.89 Å². The second-order valence-corrected chi connectivity index (χ2v) is 7.51. The Morgan fingerprint density at radius 1 is 1.13 bits per heavy atom. The van der Waals surface area contributed by atoms with E-state index in [1.54, 1.807) is 6.33 Å². The Kier molecular flexibility index (Phi) is 10.3. The van der Waals surface area contributed by atoms with E-state index in [-0.39, 0.29) is 6.04 Å². The molecule has 2 atom stereocenters. The van der Waals surface area contributed by atoms with E-state index < -0.39 is 0 Å². The summed E-state index contributed by atoms with van der Waals surface area (Å²) in [6.07, 6.45) is 3.73. The van der Waals surface area contributed by atoms with Crippen molar-refractivity contribution in [2.24, 2.45) is 4.99 Å². The van der Waals surface area contributed by atoms with Gasteiger partial charge in [-0.05, 0) is 32.0 Å². The van der Waals surface area contributed by atoms with Gasteiger partial charge in [-0.2, -0.15) is 0 Å². The maximum Gasteiger partial charge on any atom is 0.191 e. The summed E-state index contributed by atoms with van der Waals surface area (Å²) < 4.78 is 2.09. The van der Waals surface area contributed by atoms with E-state index in [1.807, 2.05) is 0 Å². The van der Waals surface area contributed by atoms with Gasteiger partial charge in [-0.15, -0.1) is 10.2 Å². The minimum atomic E-state index is 0.265. The summed E-state index contributed by atoms with van der Waals surface area (Å²) in [5.41, 5.74) is 1.31. The molecular weight excluding hydrogens is 374 g/mol. The third kappa shape index (κ3) is 7.13. The first-order chi connectivity index (χ1) is 14.6. The molecule has 0 radical (unpaired) electrons. The Bertz CT molecular complexity index is 737. The van der Waals surface area contributed by atoms with Crippen molar-refractivity contribution in [1.82, 2.24) is 30.3 Å². The number of guanidine groups is 1. The van der Waals surface area contributed by atoms with E-state index in [1.165, 1.54) is 5.56 Å². The number of hydrogen-bond donors (Lipinski definition) is 2. The number of likely N-dealkylation sites (N-methyl/N-ethyl adjacent to an activating group) is 1. The number of aryl methyl sites for hydroxylation is 1. The standard InChI is InChI=1S/C23H39N7/c1-6-19(5)27-23(24-15-16-30-18-26-28-22(30)7-2)25-17-21(29(8-3)9-4)20-13-11-10-12-14-20/h10-14,18-19,21H,6-9,15-17H2,1-5H3,(H2,24,25,27). The first-order valence-corrected chi connectivity index (χ1v) is 11.3. The summed E-state index contributed by atoms with van der Waals surface area (Å²) in [6.45, 7) is 15.2. The van der Waals surface area contributed by atoms with E-state index in [4.69, 9.17) is 4.99 Å². The van der Waals surface area contributed by atoms with Gasteiger partial charge >= 0.3 is 0 Å². The highest BCUT2D eigenvalue weighted by Crippen LogP contribution is 2.20. The molecule has 0 saturated heterocycles. The molecule has 7 heteroatoms. The molecule has 0 aliphatic heterocycles. The molecule has 2 aromatic rings. The largest absolute Gasteiger partial charge is 0.355 e. The molecule has 2 N–H and O–H groups in total. The predicted octanol–water partition coefficient (Wildman–Crippen LogP) is 3.26. The zero-order valence-electron chi connectivity index (χ0n) is 19.3. The maximum absolute atomic E-state index is 4.98. The van der Waals surface area contributed by atoms with Gasteiger partial charge in [-0.1, -0.05) is 58.0 Å². The first kappa shape index (κ1) is 23.9.